The van der Waals surface area contributed by atoms with Crippen molar-refractivity contribution in [3.8, 4) is 0 Å². The van der Waals surface area contributed by atoms with Crippen molar-refractivity contribution in [1.82, 2.24) is 14.8 Å². The van der Waals surface area contributed by atoms with Gasteiger partial charge >= 0.3 is 0 Å². The molecule has 0 saturated carbocycles. The quantitative estimate of drug-likeness (QED) is 0.788. The number of aromatic nitrogens is 3. The molecule has 1 aliphatic rings. The van der Waals surface area contributed by atoms with E-state index in [0.29, 0.717) is 12.5 Å². The zero-order chi connectivity index (χ0) is 13.9. The molecule has 1 aromatic heterocycles. The maximum absolute atomic E-state index is 5.20. The summed E-state index contributed by atoms with van der Waals surface area (Å²) in [4.78, 5) is 0. The van der Waals surface area contributed by atoms with Crippen LogP contribution in [-0.4, -0.2) is 28.5 Å². The van der Waals surface area contributed by atoms with Gasteiger partial charge in [-0.1, -0.05) is 40.2 Å². The molecule has 106 valence electrons. The second-order valence-corrected chi connectivity index (χ2v) is 5.69. The van der Waals surface area contributed by atoms with Crippen LogP contribution in [0.15, 0.2) is 24.3 Å². The number of rotatable bonds is 5. The Morgan fingerprint density at radius 1 is 1.25 bits per heavy atom. The van der Waals surface area contributed by atoms with Crippen molar-refractivity contribution in [2.45, 2.75) is 30.6 Å². The fourth-order valence-corrected chi connectivity index (χ4v) is 3.33. The highest BCUT2D eigenvalue weighted by Crippen LogP contribution is 2.33. The first-order valence-corrected chi connectivity index (χ1v) is 7.99. The summed E-state index contributed by atoms with van der Waals surface area (Å²) in [5.74, 6) is 2.50. The summed E-state index contributed by atoms with van der Waals surface area (Å²) >= 11 is 3.49. The van der Waals surface area contributed by atoms with E-state index in [4.69, 9.17) is 4.74 Å². The molecule has 0 fully saturated rings. The summed E-state index contributed by atoms with van der Waals surface area (Å²) in [7, 11) is 1.73. The van der Waals surface area contributed by atoms with Gasteiger partial charge in [-0.05, 0) is 24.0 Å². The number of benzene rings is 1. The maximum Gasteiger partial charge on any atom is 0.143 e. The van der Waals surface area contributed by atoms with Gasteiger partial charge in [0.2, 0.25) is 0 Å². The van der Waals surface area contributed by atoms with Crippen LogP contribution < -0.4 is 0 Å². The monoisotopic (exact) mass is 335 g/mol. The Labute approximate surface area is 127 Å². The summed E-state index contributed by atoms with van der Waals surface area (Å²) in [6.07, 6.45) is 2.12. The first kappa shape index (κ1) is 13.8. The smallest absolute Gasteiger partial charge is 0.143 e. The molecule has 3 rings (SSSR count). The number of hydrogen-bond donors (Lipinski definition) is 0. The summed E-state index contributed by atoms with van der Waals surface area (Å²) in [5.41, 5.74) is 2.89. The zero-order valence-electron chi connectivity index (χ0n) is 11.6. The molecule has 5 heteroatoms. The number of halogens is 1. The van der Waals surface area contributed by atoms with Crippen molar-refractivity contribution in [2.24, 2.45) is 0 Å². The molecule has 0 saturated heterocycles. The Morgan fingerprint density at radius 2 is 1.95 bits per heavy atom. The lowest BCUT2D eigenvalue weighted by Crippen LogP contribution is -2.14. The number of methoxy groups -OCH3 is 1. The maximum atomic E-state index is 5.20. The zero-order valence-corrected chi connectivity index (χ0v) is 13.1. The lowest BCUT2D eigenvalue weighted by molar-refractivity contribution is 0.185. The largest absolute Gasteiger partial charge is 0.383 e. The average Bonchev–Trinajstić information content (AvgIpc) is 3.07. The highest BCUT2D eigenvalue weighted by molar-refractivity contribution is 9.08. The topological polar surface area (TPSA) is 39.9 Å². The van der Waals surface area contributed by atoms with Gasteiger partial charge in [0.25, 0.3) is 0 Å². The van der Waals surface area contributed by atoms with Gasteiger partial charge in [-0.25, -0.2) is 0 Å². The molecule has 0 aliphatic heterocycles. The highest BCUT2D eigenvalue weighted by atomic mass is 79.9. The Balaban J connectivity index is 1.86. The molecular weight excluding hydrogens is 318 g/mol. The molecule has 1 heterocycles. The van der Waals surface area contributed by atoms with Gasteiger partial charge in [-0.3, -0.25) is 0 Å². The highest BCUT2D eigenvalue weighted by Gasteiger charge is 2.27. The molecule has 1 aromatic carbocycles. The van der Waals surface area contributed by atoms with Crippen LogP contribution in [0, 0.1) is 0 Å². The third kappa shape index (κ3) is 2.52. The van der Waals surface area contributed by atoms with Crippen molar-refractivity contribution in [3.05, 3.63) is 47.0 Å². The molecule has 0 unspecified atom stereocenters. The molecule has 1 aliphatic carbocycles. The van der Waals surface area contributed by atoms with Gasteiger partial charge in [0.05, 0.1) is 11.9 Å². The van der Waals surface area contributed by atoms with Crippen LogP contribution in [-0.2, 0) is 29.5 Å². The summed E-state index contributed by atoms with van der Waals surface area (Å²) in [6.45, 7) is 1.50. The molecular formula is C15H18BrN3O. The van der Waals surface area contributed by atoms with E-state index in [0.717, 1.165) is 36.4 Å². The number of ether oxygens (including phenoxy) is 1. The standard InChI is InChI=1S/C15H18BrN3O/c1-20-7-6-19-14(10-16)17-18-15(19)13-8-11-4-2-3-5-12(11)9-13/h2-5,13H,6-10H2,1H3. The van der Waals surface area contributed by atoms with E-state index < -0.39 is 0 Å². The summed E-state index contributed by atoms with van der Waals surface area (Å²) in [6, 6.07) is 8.66. The minimum atomic E-state index is 0.435. The van der Waals surface area contributed by atoms with Crippen molar-refractivity contribution < 1.29 is 4.74 Å². The first-order chi connectivity index (χ1) is 9.83. The average molecular weight is 336 g/mol. The molecule has 20 heavy (non-hydrogen) atoms. The van der Waals surface area contributed by atoms with Crippen molar-refractivity contribution >= 4 is 15.9 Å². The van der Waals surface area contributed by atoms with E-state index in [1.807, 2.05) is 0 Å². The lowest BCUT2D eigenvalue weighted by atomic mass is 10.1. The van der Waals surface area contributed by atoms with Gasteiger partial charge in [0.15, 0.2) is 0 Å². The van der Waals surface area contributed by atoms with E-state index in [1.165, 1.54) is 11.1 Å². The number of nitrogens with zero attached hydrogens (tertiary/aromatic N) is 3. The predicted molar refractivity (Wildman–Crippen MR) is 81.1 cm³/mol. The van der Waals surface area contributed by atoms with Crippen LogP contribution in [0.5, 0.6) is 0 Å². The van der Waals surface area contributed by atoms with Crippen molar-refractivity contribution in [2.75, 3.05) is 13.7 Å². The first-order valence-electron chi connectivity index (χ1n) is 6.87. The van der Waals surface area contributed by atoms with Gasteiger partial charge in [0, 0.05) is 19.6 Å². The fourth-order valence-electron chi connectivity index (χ4n) is 2.92. The van der Waals surface area contributed by atoms with Crippen LogP contribution in [0.4, 0.5) is 0 Å². The molecule has 4 nitrogen and oxygen atoms in total. The molecule has 0 radical (unpaired) electrons. The van der Waals surface area contributed by atoms with Gasteiger partial charge in [0.1, 0.15) is 11.6 Å². The van der Waals surface area contributed by atoms with Gasteiger partial charge in [-0.15, -0.1) is 10.2 Å². The number of alkyl halides is 1. The Kier molecular flexibility index (Phi) is 4.17. The minimum Gasteiger partial charge on any atom is -0.383 e. The van der Waals surface area contributed by atoms with Crippen molar-refractivity contribution in [3.63, 3.8) is 0 Å². The molecule has 0 atom stereocenters. The Bertz CT molecular complexity index is 572. The van der Waals surface area contributed by atoms with E-state index in [9.17, 15) is 0 Å². The normalized spacial score (nSPS) is 14.7. The van der Waals surface area contributed by atoms with Crippen LogP contribution in [0.2, 0.25) is 0 Å². The summed E-state index contributed by atoms with van der Waals surface area (Å²) < 4.78 is 7.41. The Hall–Kier alpha value is -1.20. The molecule has 0 amide bonds. The molecule has 0 spiro atoms. The third-order valence-corrected chi connectivity index (χ3v) is 4.41. The number of fused-ring (bicyclic) bond motifs is 1. The van der Waals surface area contributed by atoms with Gasteiger partial charge < -0.3 is 9.30 Å². The van der Waals surface area contributed by atoms with E-state index >= 15 is 0 Å². The van der Waals surface area contributed by atoms with Crippen LogP contribution >= 0.6 is 15.9 Å². The van der Waals surface area contributed by atoms with Crippen LogP contribution in [0.25, 0.3) is 0 Å². The fraction of sp³-hybridized carbons (Fsp3) is 0.467. The molecule has 0 bridgehead atoms. The predicted octanol–water partition coefficient (Wildman–Crippen LogP) is 2.70. The third-order valence-electron chi connectivity index (χ3n) is 3.91. The minimum absolute atomic E-state index is 0.435. The van der Waals surface area contributed by atoms with Crippen LogP contribution in [0.1, 0.15) is 28.7 Å². The lowest BCUT2D eigenvalue weighted by Gasteiger charge is -2.13. The van der Waals surface area contributed by atoms with E-state index in [2.05, 4.69) is 55.0 Å². The molecule has 0 N–H and O–H groups in total. The van der Waals surface area contributed by atoms with Crippen LogP contribution in [0.3, 0.4) is 0 Å². The van der Waals surface area contributed by atoms with Gasteiger partial charge in [-0.2, -0.15) is 0 Å². The second kappa shape index (κ2) is 6.06. The van der Waals surface area contributed by atoms with Crippen molar-refractivity contribution in [1.29, 1.82) is 0 Å². The van der Waals surface area contributed by atoms with E-state index in [1.54, 1.807) is 7.11 Å². The summed E-state index contributed by atoms with van der Waals surface area (Å²) in [5, 5.41) is 9.46. The van der Waals surface area contributed by atoms with E-state index in [-0.39, 0.29) is 0 Å². The molecule has 2 aromatic rings. The second-order valence-electron chi connectivity index (χ2n) is 5.13. The Morgan fingerprint density at radius 3 is 2.55 bits per heavy atom. The SMILES string of the molecule is COCCn1c(CBr)nnc1C1Cc2ccccc2C1. The number of hydrogen-bond acceptors (Lipinski definition) is 3.